The topological polar surface area (TPSA) is 123 Å². The fourth-order valence-corrected chi connectivity index (χ4v) is 2.84. The van der Waals surface area contributed by atoms with E-state index < -0.39 is 30.2 Å². The van der Waals surface area contributed by atoms with E-state index in [9.17, 15) is 19.2 Å². The van der Waals surface area contributed by atoms with Gasteiger partial charge in [-0.3, -0.25) is 4.79 Å². The van der Waals surface area contributed by atoms with Gasteiger partial charge < -0.3 is 25.4 Å². The van der Waals surface area contributed by atoms with Crippen molar-refractivity contribution in [1.29, 1.82) is 0 Å². The van der Waals surface area contributed by atoms with Gasteiger partial charge in [-0.1, -0.05) is 30.3 Å². The van der Waals surface area contributed by atoms with Crippen LogP contribution in [0.3, 0.4) is 0 Å². The number of carbonyl (C=O) groups is 4. The lowest BCUT2D eigenvalue weighted by Crippen LogP contribution is -2.43. The molecule has 1 fully saturated rings. The van der Waals surface area contributed by atoms with Crippen molar-refractivity contribution in [3.8, 4) is 0 Å². The lowest BCUT2D eigenvalue weighted by Gasteiger charge is -2.17. The number of amides is 2. The summed E-state index contributed by atoms with van der Waals surface area (Å²) in [5.74, 6) is -0.908. The van der Waals surface area contributed by atoms with Crippen LogP contribution in [0.5, 0.6) is 0 Å². The van der Waals surface area contributed by atoms with Crippen molar-refractivity contribution >= 4 is 23.9 Å². The fraction of sp³-hybridized carbons (Fsp3) is 0.474. The molecule has 3 N–H and O–H groups in total. The molecule has 1 aromatic rings. The smallest absolute Gasteiger partial charge is 0.414 e. The number of ketones is 1. The quantitative estimate of drug-likeness (QED) is 0.445. The van der Waals surface area contributed by atoms with Gasteiger partial charge in [0.25, 0.3) is 0 Å². The predicted molar refractivity (Wildman–Crippen MR) is 99.6 cm³/mol. The first-order valence-corrected chi connectivity index (χ1v) is 9.13. The zero-order valence-electron chi connectivity index (χ0n) is 15.7. The van der Waals surface area contributed by atoms with Crippen molar-refractivity contribution in [2.24, 2.45) is 0 Å². The molecule has 0 aromatic heterocycles. The fourth-order valence-electron chi connectivity index (χ4n) is 2.84. The Hall–Kier alpha value is -2.94. The molecule has 9 heteroatoms. The largest absolute Gasteiger partial charge is 0.453 e. The van der Waals surface area contributed by atoms with Crippen LogP contribution in [0.2, 0.25) is 0 Å². The molecule has 1 aliphatic heterocycles. The van der Waals surface area contributed by atoms with E-state index in [1.54, 1.807) is 0 Å². The van der Waals surface area contributed by atoms with Crippen molar-refractivity contribution in [1.82, 2.24) is 16.0 Å². The summed E-state index contributed by atoms with van der Waals surface area (Å²) in [6, 6.07) is 7.95. The van der Waals surface area contributed by atoms with Crippen LogP contribution >= 0.6 is 0 Å². The Morgan fingerprint density at radius 1 is 1.18 bits per heavy atom. The second-order valence-electron chi connectivity index (χ2n) is 6.38. The number of benzene rings is 1. The minimum absolute atomic E-state index is 0.0167. The molecule has 1 aliphatic rings. The zero-order chi connectivity index (χ0) is 20.4. The number of methoxy groups -OCH3 is 1. The summed E-state index contributed by atoms with van der Waals surface area (Å²) in [6.45, 7) is 0.697. The molecule has 0 aliphatic carbocycles. The minimum atomic E-state index is -0.896. The number of ether oxygens (including phenoxy) is 2. The summed E-state index contributed by atoms with van der Waals surface area (Å²) < 4.78 is 9.27. The van der Waals surface area contributed by atoms with Gasteiger partial charge >= 0.3 is 18.2 Å². The van der Waals surface area contributed by atoms with E-state index in [4.69, 9.17) is 4.74 Å². The van der Waals surface area contributed by atoms with Gasteiger partial charge in [0.2, 0.25) is 0 Å². The first-order chi connectivity index (χ1) is 13.5. The van der Waals surface area contributed by atoms with Crippen molar-refractivity contribution in [2.75, 3.05) is 20.2 Å². The maximum absolute atomic E-state index is 12.5. The van der Waals surface area contributed by atoms with Crippen LogP contribution in [0.4, 0.5) is 9.59 Å². The molecule has 2 amide bonds. The molecule has 1 unspecified atom stereocenters. The third kappa shape index (κ3) is 6.99. The Morgan fingerprint density at radius 3 is 2.57 bits per heavy atom. The average Bonchev–Trinajstić information content (AvgIpc) is 3.23. The number of carbonyl (C=O) groups excluding carboxylic acids is 4. The first kappa shape index (κ1) is 21.4. The Bertz CT molecular complexity index is 688. The monoisotopic (exact) mass is 391 g/mol. The van der Waals surface area contributed by atoms with E-state index in [-0.39, 0.29) is 18.7 Å². The van der Waals surface area contributed by atoms with E-state index in [0.717, 1.165) is 12.0 Å². The summed E-state index contributed by atoms with van der Waals surface area (Å²) in [4.78, 5) is 47.4. The summed E-state index contributed by atoms with van der Waals surface area (Å²) in [5.41, 5.74) is 0.874. The number of alkyl carbamates (subject to hydrolysis) is 2. The van der Waals surface area contributed by atoms with Gasteiger partial charge in [0.05, 0.1) is 13.2 Å². The van der Waals surface area contributed by atoms with Crippen LogP contribution in [-0.2, 0) is 25.5 Å². The average molecular weight is 391 g/mol. The third-order valence-electron chi connectivity index (χ3n) is 4.33. The highest BCUT2D eigenvalue weighted by Crippen LogP contribution is 2.07. The van der Waals surface area contributed by atoms with Crippen molar-refractivity contribution in [3.63, 3.8) is 0 Å². The number of hydrogen-bond donors (Lipinski definition) is 3. The second-order valence-corrected chi connectivity index (χ2v) is 6.38. The van der Waals surface area contributed by atoms with Crippen LogP contribution < -0.4 is 16.0 Å². The summed E-state index contributed by atoms with van der Waals surface area (Å²) in [5, 5.41) is 7.82. The van der Waals surface area contributed by atoms with Crippen LogP contribution in [0, 0.1) is 0 Å². The molecule has 0 spiro atoms. The molecule has 1 saturated heterocycles. The Labute approximate surface area is 163 Å². The first-order valence-electron chi connectivity index (χ1n) is 9.13. The molecule has 1 heterocycles. The Morgan fingerprint density at radius 2 is 1.93 bits per heavy atom. The number of esters is 1. The number of Topliss-reactive ketones (excluding diaryl/α,β-unsaturated/α-hetero) is 1. The molecular formula is C19H25N3O6. The highest BCUT2D eigenvalue weighted by molar-refractivity contribution is 5.89. The highest BCUT2D eigenvalue weighted by atomic mass is 16.6. The lowest BCUT2D eigenvalue weighted by molar-refractivity contribution is -0.139. The van der Waals surface area contributed by atoms with E-state index in [0.29, 0.717) is 19.4 Å². The molecule has 28 heavy (non-hydrogen) atoms. The van der Waals surface area contributed by atoms with E-state index in [2.05, 4.69) is 20.7 Å². The number of hydrogen-bond acceptors (Lipinski definition) is 7. The van der Waals surface area contributed by atoms with Crippen LogP contribution in [-0.4, -0.2) is 56.2 Å². The van der Waals surface area contributed by atoms with Gasteiger partial charge in [0.1, 0.15) is 6.04 Å². The van der Waals surface area contributed by atoms with E-state index in [1.807, 2.05) is 30.3 Å². The van der Waals surface area contributed by atoms with Crippen molar-refractivity contribution in [2.45, 2.75) is 37.8 Å². The van der Waals surface area contributed by atoms with Gasteiger partial charge in [-0.05, 0) is 31.4 Å². The van der Waals surface area contributed by atoms with Gasteiger partial charge in [0, 0.05) is 13.0 Å². The summed E-state index contributed by atoms with van der Waals surface area (Å²) >= 11 is 0. The second kappa shape index (κ2) is 11.0. The minimum Gasteiger partial charge on any atom is -0.453 e. The Balaban J connectivity index is 1.80. The molecule has 1 aromatic carbocycles. The standard InChI is InChI=1S/C19H25N3O6/c1-27-19(26)22-15(12-13-6-3-2-4-7-13)16(23)9-11-21-18(25)28-17(24)14-8-5-10-20-14/h2-4,6-7,14-15,20H,5,8-12H2,1H3,(H,21,25)(H,22,26)/t14-,15?/m0/s1. The molecule has 0 saturated carbocycles. The molecule has 2 atom stereocenters. The molecular weight excluding hydrogens is 366 g/mol. The van der Waals surface area contributed by atoms with Crippen molar-refractivity contribution < 1.29 is 28.7 Å². The van der Waals surface area contributed by atoms with Gasteiger partial charge in [-0.2, -0.15) is 0 Å². The molecule has 9 nitrogen and oxygen atoms in total. The van der Waals surface area contributed by atoms with Crippen LogP contribution in [0.1, 0.15) is 24.8 Å². The number of nitrogens with one attached hydrogen (secondary N) is 3. The van der Waals surface area contributed by atoms with Crippen LogP contribution in [0.15, 0.2) is 30.3 Å². The zero-order valence-corrected chi connectivity index (χ0v) is 15.7. The summed E-state index contributed by atoms with van der Waals surface area (Å²) in [6.07, 6.45) is 0.136. The van der Waals surface area contributed by atoms with Gasteiger partial charge in [0.15, 0.2) is 5.78 Å². The normalized spacial score (nSPS) is 16.7. The number of rotatable bonds is 8. The van der Waals surface area contributed by atoms with E-state index in [1.165, 1.54) is 7.11 Å². The molecule has 0 radical (unpaired) electrons. The maximum Gasteiger partial charge on any atom is 0.414 e. The third-order valence-corrected chi connectivity index (χ3v) is 4.33. The lowest BCUT2D eigenvalue weighted by atomic mass is 10.0. The summed E-state index contributed by atoms with van der Waals surface area (Å²) in [7, 11) is 1.22. The van der Waals surface area contributed by atoms with Crippen molar-refractivity contribution in [3.05, 3.63) is 35.9 Å². The van der Waals surface area contributed by atoms with Gasteiger partial charge in [-0.25, -0.2) is 14.4 Å². The Kier molecular flexibility index (Phi) is 8.41. The predicted octanol–water partition coefficient (Wildman–Crippen LogP) is 0.918. The maximum atomic E-state index is 12.5. The molecule has 2 rings (SSSR count). The van der Waals surface area contributed by atoms with Gasteiger partial charge in [-0.15, -0.1) is 0 Å². The molecule has 152 valence electrons. The highest BCUT2D eigenvalue weighted by Gasteiger charge is 2.26. The molecule has 0 bridgehead atoms. The van der Waals surface area contributed by atoms with E-state index >= 15 is 0 Å². The van der Waals surface area contributed by atoms with Crippen LogP contribution in [0.25, 0.3) is 0 Å². The SMILES string of the molecule is COC(=O)NC(Cc1ccccc1)C(=O)CCNC(=O)OC(=O)[C@@H]1CCCN1.